The van der Waals surface area contributed by atoms with Gasteiger partial charge in [0.15, 0.2) is 16.8 Å². The van der Waals surface area contributed by atoms with E-state index < -0.39 is 17.0 Å². The van der Waals surface area contributed by atoms with Crippen LogP contribution in [0.5, 0.6) is 0 Å². The molecule has 2 aromatic carbocycles. The van der Waals surface area contributed by atoms with Crippen molar-refractivity contribution in [2.24, 2.45) is 0 Å². The molecule has 4 rings (SSSR count). The van der Waals surface area contributed by atoms with Crippen LogP contribution in [0.15, 0.2) is 53.4 Å². The number of hydrogen-bond donors (Lipinski definition) is 2. The monoisotopic (exact) mass is 455 g/mol. The molecule has 1 fully saturated rings. The Kier molecular flexibility index (Phi) is 6.80. The molecule has 0 amide bonds. The number of benzene rings is 2. The standard InChI is InChI=1S/C23H25N3O5S/c1-2-18-21(23(27)28)24-26(22(18)19-5-3-4-6-20(19)32(29)30)17-9-7-16(8-10-17)15-25-11-13-31-14-12-25/h3-10H,2,11-15H2,1H3,(H,27,28)(H,29,30). The first-order chi connectivity index (χ1) is 15.5. The van der Waals surface area contributed by atoms with Crippen molar-refractivity contribution >= 4 is 17.0 Å². The molecule has 2 heterocycles. The van der Waals surface area contributed by atoms with E-state index in [9.17, 15) is 18.7 Å². The fourth-order valence-corrected chi connectivity index (χ4v) is 4.54. The lowest BCUT2D eigenvalue weighted by molar-refractivity contribution is 0.0342. The molecule has 9 heteroatoms. The Labute approximate surface area is 188 Å². The van der Waals surface area contributed by atoms with Crippen LogP contribution < -0.4 is 0 Å². The molecule has 3 aromatic rings. The number of carboxylic acid groups (broad SMARTS) is 1. The molecule has 1 aliphatic heterocycles. The maximum Gasteiger partial charge on any atom is 0.356 e. The first-order valence-electron chi connectivity index (χ1n) is 10.4. The van der Waals surface area contributed by atoms with Crippen molar-refractivity contribution in [3.05, 3.63) is 65.4 Å². The molecular weight excluding hydrogens is 430 g/mol. The van der Waals surface area contributed by atoms with E-state index in [1.807, 2.05) is 31.2 Å². The average Bonchev–Trinajstić information content (AvgIpc) is 3.20. The molecule has 1 aromatic heterocycles. The van der Waals surface area contributed by atoms with Gasteiger partial charge in [0.05, 0.1) is 29.5 Å². The SMILES string of the molecule is CCc1c(C(=O)O)nn(-c2ccc(CN3CCOCC3)cc2)c1-c1ccccc1S(=O)O. The summed E-state index contributed by atoms with van der Waals surface area (Å²) in [6.45, 7) is 5.91. The van der Waals surface area contributed by atoms with Crippen LogP contribution in [0, 0.1) is 0 Å². The molecule has 0 bridgehead atoms. The van der Waals surface area contributed by atoms with Crippen molar-refractivity contribution in [3.8, 4) is 16.9 Å². The summed E-state index contributed by atoms with van der Waals surface area (Å²) in [5, 5.41) is 14.1. The molecule has 0 spiro atoms. The second-order valence-corrected chi connectivity index (χ2v) is 8.48. The molecule has 8 nitrogen and oxygen atoms in total. The quantitative estimate of drug-likeness (QED) is 0.527. The fourth-order valence-electron chi connectivity index (χ4n) is 4.00. The first kappa shape index (κ1) is 22.3. The summed E-state index contributed by atoms with van der Waals surface area (Å²) in [6.07, 6.45) is 0.415. The summed E-state index contributed by atoms with van der Waals surface area (Å²) < 4.78 is 28.7. The van der Waals surface area contributed by atoms with E-state index in [2.05, 4.69) is 10.00 Å². The van der Waals surface area contributed by atoms with E-state index >= 15 is 0 Å². The minimum absolute atomic E-state index is 0.0570. The highest BCUT2D eigenvalue weighted by atomic mass is 32.2. The smallest absolute Gasteiger partial charge is 0.356 e. The number of ether oxygens (including phenoxy) is 1. The third-order valence-electron chi connectivity index (χ3n) is 5.56. The minimum atomic E-state index is -2.23. The van der Waals surface area contributed by atoms with Gasteiger partial charge in [-0.25, -0.2) is 13.7 Å². The molecule has 0 radical (unpaired) electrons. The minimum Gasteiger partial charge on any atom is -0.476 e. The number of aromatic carboxylic acids is 1. The van der Waals surface area contributed by atoms with Crippen molar-refractivity contribution in [1.29, 1.82) is 0 Å². The van der Waals surface area contributed by atoms with Crippen LogP contribution in [0.2, 0.25) is 0 Å². The maximum atomic E-state index is 12.0. The van der Waals surface area contributed by atoms with Crippen LogP contribution in [0.25, 0.3) is 16.9 Å². The van der Waals surface area contributed by atoms with Crippen LogP contribution in [-0.4, -0.2) is 60.8 Å². The second-order valence-electron chi connectivity index (χ2n) is 7.55. The Morgan fingerprint density at radius 2 is 1.81 bits per heavy atom. The van der Waals surface area contributed by atoms with E-state index in [-0.39, 0.29) is 10.6 Å². The molecule has 2 N–H and O–H groups in total. The van der Waals surface area contributed by atoms with Crippen LogP contribution >= 0.6 is 0 Å². The molecule has 0 saturated carbocycles. The van der Waals surface area contributed by atoms with Crippen LogP contribution in [0.4, 0.5) is 0 Å². The predicted octanol–water partition coefficient (Wildman–Crippen LogP) is 3.21. The van der Waals surface area contributed by atoms with Crippen molar-refractivity contribution in [1.82, 2.24) is 14.7 Å². The van der Waals surface area contributed by atoms with E-state index in [1.54, 1.807) is 28.9 Å². The Balaban J connectivity index is 1.79. The van der Waals surface area contributed by atoms with Gasteiger partial charge in [-0.15, -0.1) is 0 Å². The fraction of sp³-hybridized carbons (Fsp3) is 0.304. The van der Waals surface area contributed by atoms with Crippen LogP contribution in [-0.2, 0) is 28.8 Å². The first-order valence-corrected chi connectivity index (χ1v) is 11.5. The Hall–Kier alpha value is -2.85. The number of rotatable bonds is 7. The topological polar surface area (TPSA) is 105 Å². The number of carboxylic acids is 1. The van der Waals surface area contributed by atoms with E-state index in [1.165, 1.54) is 0 Å². The van der Waals surface area contributed by atoms with E-state index in [0.29, 0.717) is 28.9 Å². The summed E-state index contributed by atoms with van der Waals surface area (Å²) in [5.41, 5.74) is 3.29. The van der Waals surface area contributed by atoms with Crippen molar-refractivity contribution < 1.29 is 23.4 Å². The Morgan fingerprint density at radius 1 is 1.12 bits per heavy atom. The molecule has 32 heavy (non-hydrogen) atoms. The molecule has 1 unspecified atom stereocenters. The van der Waals surface area contributed by atoms with Gasteiger partial charge in [-0.2, -0.15) is 5.10 Å². The number of nitrogens with zero attached hydrogens (tertiary/aromatic N) is 3. The summed E-state index contributed by atoms with van der Waals surface area (Å²) in [5.74, 6) is -1.13. The van der Waals surface area contributed by atoms with E-state index in [4.69, 9.17) is 4.74 Å². The normalized spacial score (nSPS) is 15.6. The molecule has 1 aliphatic rings. The van der Waals surface area contributed by atoms with Gasteiger partial charge in [-0.1, -0.05) is 37.3 Å². The van der Waals surface area contributed by atoms with Gasteiger partial charge in [0.1, 0.15) is 0 Å². The zero-order valence-corrected chi connectivity index (χ0v) is 18.5. The largest absolute Gasteiger partial charge is 0.476 e. The van der Waals surface area contributed by atoms with Gasteiger partial charge in [0.25, 0.3) is 0 Å². The third kappa shape index (κ3) is 4.51. The second kappa shape index (κ2) is 9.74. The molecular formula is C23H25N3O5S. The number of aromatic nitrogens is 2. The number of morpholine rings is 1. The summed E-state index contributed by atoms with van der Waals surface area (Å²) in [7, 11) is 0. The predicted molar refractivity (Wildman–Crippen MR) is 120 cm³/mol. The highest BCUT2D eigenvalue weighted by Crippen LogP contribution is 2.33. The lowest BCUT2D eigenvalue weighted by atomic mass is 10.0. The molecule has 0 aliphatic carbocycles. The van der Waals surface area contributed by atoms with Crippen LogP contribution in [0.1, 0.15) is 28.5 Å². The summed E-state index contributed by atoms with van der Waals surface area (Å²) in [4.78, 5) is 14.4. The van der Waals surface area contributed by atoms with Crippen molar-refractivity contribution in [3.63, 3.8) is 0 Å². The third-order valence-corrected chi connectivity index (χ3v) is 6.29. The van der Waals surface area contributed by atoms with Gasteiger partial charge in [-0.05, 0) is 30.2 Å². The molecule has 168 valence electrons. The zero-order valence-electron chi connectivity index (χ0n) is 17.7. The summed E-state index contributed by atoms with van der Waals surface area (Å²) in [6, 6.07) is 14.5. The number of hydrogen-bond acceptors (Lipinski definition) is 5. The zero-order chi connectivity index (χ0) is 22.7. The van der Waals surface area contributed by atoms with Gasteiger partial charge in [-0.3, -0.25) is 4.90 Å². The van der Waals surface area contributed by atoms with Gasteiger partial charge in [0.2, 0.25) is 0 Å². The highest BCUT2D eigenvalue weighted by Gasteiger charge is 2.25. The summed E-state index contributed by atoms with van der Waals surface area (Å²) >= 11 is -2.23. The van der Waals surface area contributed by atoms with Gasteiger partial charge < -0.3 is 14.4 Å². The maximum absolute atomic E-state index is 12.0. The van der Waals surface area contributed by atoms with E-state index in [0.717, 1.165) is 38.4 Å². The molecule has 1 atom stereocenters. The number of carbonyl (C=O) groups is 1. The Morgan fingerprint density at radius 3 is 2.44 bits per heavy atom. The average molecular weight is 456 g/mol. The van der Waals surface area contributed by atoms with Gasteiger partial charge >= 0.3 is 5.97 Å². The molecule has 1 saturated heterocycles. The Bertz CT molecular complexity index is 1140. The lowest BCUT2D eigenvalue weighted by Crippen LogP contribution is -2.35. The van der Waals surface area contributed by atoms with Crippen molar-refractivity contribution in [2.45, 2.75) is 24.8 Å². The lowest BCUT2D eigenvalue weighted by Gasteiger charge is -2.26. The highest BCUT2D eigenvalue weighted by molar-refractivity contribution is 7.79. The van der Waals surface area contributed by atoms with Gasteiger partial charge in [0, 0.05) is 30.8 Å². The van der Waals surface area contributed by atoms with Crippen LogP contribution in [0.3, 0.4) is 0 Å². The van der Waals surface area contributed by atoms with Crippen molar-refractivity contribution in [2.75, 3.05) is 26.3 Å².